The van der Waals surface area contributed by atoms with Crippen molar-refractivity contribution < 1.29 is 17.6 Å². The van der Waals surface area contributed by atoms with E-state index in [0.29, 0.717) is 6.07 Å². The molecule has 1 aromatic heterocycles. The van der Waals surface area contributed by atoms with Gasteiger partial charge in [-0.15, -0.1) is 0 Å². The number of nitrogens with zero attached hydrogens (tertiary/aromatic N) is 1. The molecule has 3 nitrogen and oxygen atoms in total. The van der Waals surface area contributed by atoms with Crippen molar-refractivity contribution in [3.05, 3.63) is 59.0 Å². The van der Waals surface area contributed by atoms with Gasteiger partial charge in [-0.3, -0.25) is 0 Å². The van der Waals surface area contributed by atoms with Crippen LogP contribution in [0.3, 0.4) is 0 Å². The molecule has 0 saturated heterocycles. The lowest BCUT2D eigenvalue weighted by molar-refractivity contribution is -0.138. The van der Waals surface area contributed by atoms with Gasteiger partial charge in [0.15, 0.2) is 0 Å². The fraction of sp³-hybridized carbons (Fsp3) is 0.154. The van der Waals surface area contributed by atoms with Crippen molar-refractivity contribution in [1.29, 1.82) is 0 Å². The Morgan fingerprint density at radius 1 is 1.10 bits per heavy atom. The van der Waals surface area contributed by atoms with Crippen LogP contribution in [0.1, 0.15) is 22.7 Å². The molecule has 0 amide bonds. The molecule has 1 unspecified atom stereocenters. The maximum atomic E-state index is 13.2. The first kappa shape index (κ1) is 14.3. The summed E-state index contributed by atoms with van der Waals surface area (Å²) in [6.45, 7) is 0. The molecule has 1 heterocycles. The fourth-order valence-corrected chi connectivity index (χ4v) is 1.91. The predicted octanol–water partition coefficient (Wildman–Crippen LogP) is 2.87. The first-order valence-corrected chi connectivity index (χ1v) is 5.63. The van der Waals surface area contributed by atoms with Crippen LogP contribution >= 0.6 is 0 Å². The second-order valence-corrected chi connectivity index (χ2v) is 4.18. The zero-order valence-corrected chi connectivity index (χ0v) is 10.2. The lowest BCUT2D eigenvalue weighted by atomic mass is 9.95. The number of rotatable bonds is 2. The van der Waals surface area contributed by atoms with E-state index in [1.165, 1.54) is 18.3 Å². The van der Waals surface area contributed by atoms with Gasteiger partial charge in [-0.05, 0) is 29.8 Å². The molecule has 0 bridgehead atoms. The van der Waals surface area contributed by atoms with Crippen LogP contribution < -0.4 is 11.5 Å². The van der Waals surface area contributed by atoms with Gasteiger partial charge in [0.1, 0.15) is 11.6 Å². The Kier molecular flexibility index (Phi) is 3.63. The summed E-state index contributed by atoms with van der Waals surface area (Å²) in [4.78, 5) is 3.76. The SMILES string of the molecule is Nc1ncccc1C(N)c1cc(F)ccc1C(F)(F)F. The Labute approximate surface area is 112 Å². The highest BCUT2D eigenvalue weighted by Gasteiger charge is 2.35. The van der Waals surface area contributed by atoms with Crippen LogP contribution in [0.4, 0.5) is 23.4 Å². The molecular weight excluding hydrogens is 274 g/mol. The molecule has 20 heavy (non-hydrogen) atoms. The minimum absolute atomic E-state index is 0.0115. The molecule has 0 radical (unpaired) electrons. The van der Waals surface area contributed by atoms with Crippen LogP contribution in [-0.4, -0.2) is 4.98 Å². The van der Waals surface area contributed by atoms with E-state index < -0.39 is 23.6 Å². The van der Waals surface area contributed by atoms with Gasteiger partial charge in [0, 0.05) is 11.8 Å². The van der Waals surface area contributed by atoms with E-state index in [2.05, 4.69) is 4.98 Å². The summed E-state index contributed by atoms with van der Waals surface area (Å²) in [6.07, 6.45) is -3.24. The summed E-state index contributed by atoms with van der Waals surface area (Å²) in [5.41, 5.74) is 10.2. The Morgan fingerprint density at radius 3 is 2.40 bits per heavy atom. The molecule has 0 aliphatic carbocycles. The minimum atomic E-state index is -4.63. The molecule has 0 saturated carbocycles. The number of alkyl halides is 3. The first-order chi connectivity index (χ1) is 9.30. The fourth-order valence-electron chi connectivity index (χ4n) is 1.91. The van der Waals surface area contributed by atoms with Gasteiger partial charge in [-0.2, -0.15) is 13.2 Å². The van der Waals surface area contributed by atoms with Crippen molar-refractivity contribution in [3.63, 3.8) is 0 Å². The Hall–Kier alpha value is -2.15. The molecule has 0 fully saturated rings. The number of benzene rings is 1. The molecule has 0 aliphatic rings. The van der Waals surface area contributed by atoms with E-state index >= 15 is 0 Å². The Balaban J connectivity index is 2.57. The van der Waals surface area contributed by atoms with E-state index in [9.17, 15) is 17.6 Å². The highest BCUT2D eigenvalue weighted by Crippen LogP contribution is 2.36. The average Bonchev–Trinajstić information content (AvgIpc) is 2.37. The van der Waals surface area contributed by atoms with Crippen LogP contribution in [0.5, 0.6) is 0 Å². The molecular formula is C13H11F4N3. The smallest absolute Gasteiger partial charge is 0.383 e. The summed E-state index contributed by atoms with van der Waals surface area (Å²) < 4.78 is 52.0. The summed E-state index contributed by atoms with van der Waals surface area (Å²) >= 11 is 0. The van der Waals surface area contributed by atoms with E-state index in [1.54, 1.807) is 0 Å². The number of nitrogen functional groups attached to an aromatic ring is 1. The minimum Gasteiger partial charge on any atom is -0.383 e. The molecule has 7 heteroatoms. The van der Waals surface area contributed by atoms with Crippen molar-refractivity contribution in [3.8, 4) is 0 Å². The van der Waals surface area contributed by atoms with E-state index in [4.69, 9.17) is 11.5 Å². The summed E-state index contributed by atoms with van der Waals surface area (Å²) in [6, 6.07) is 3.91. The van der Waals surface area contributed by atoms with Gasteiger partial charge < -0.3 is 11.5 Å². The number of hydrogen-bond donors (Lipinski definition) is 2. The largest absolute Gasteiger partial charge is 0.416 e. The van der Waals surface area contributed by atoms with Gasteiger partial charge in [0.05, 0.1) is 11.6 Å². The first-order valence-electron chi connectivity index (χ1n) is 5.63. The van der Waals surface area contributed by atoms with Gasteiger partial charge >= 0.3 is 6.18 Å². The maximum absolute atomic E-state index is 13.2. The molecule has 4 N–H and O–H groups in total. The Morgan fingerprint density at radius 2 is 1.80 bits per heavy atom. The lowest BCUT2D eigenvalue weighted by Crippen LogP contribution is -2.20. The molecule has 1 aromatic carbocycles. The van der Waals surface area contributed by atoms with E-state index in [1.807, 2.05) is 0 Å². The highest BCUT2D eigenvalue weighted by molar-refractivity contribution is 5.47. The molecule has 1 atom stereocenters. The summed E-state index contributed by atoms with van der Waals surface area (Å²) in [7, 11) is 0. The van der Waals surface area contributed by atoms with Crippen LogP contribution in [0.15, 0.2) is 36.5 Å². The summed E-state index contributed by atoms with van der Waals surface area (Å²) in [5.74, 6) is -0.789. The van der Waals surface area contributed by atoms with Crippen molar-refractivity contribution in [2.45, 2.75) is 12.2 Å². The number of pyridine rings is 1. The van der Waals surface area contributed by atoms with Gasteiger partial charge in [-0.1, -0.05) is 6.07 Å². The molecule has 0 aliphatic heterocycles. The molecule has 0 spiro atoms. The normalized spacial score (nSPS) is 13.2. The van der Waals surface area contributed by atoms with Crippen LogP contribution in [0, 0.1) is 5.82 Å². The van der Waals surface area contributed by atoms with Crippen molar-refractivity contribution in [1.82, 2.24) is 4.98 Å². The molecule has 106 valence electrons. The van der Waals surface area contributed by atoms with Crippen LogP contribution in [0.25, 0.3) is 0 Å². The predicted molar refractivity (Wildman–Crippen MR) is 66.1 cm³/mol. The van der Waals surface area contributed by atoms with Gasteiger partial charge in [0.25, 0.3) is 0 Å². The Bertz CT molecular complexity index is 625. The third-order valence-electron chi connectivity index (χ3n) is 2.86. The number of anilines is 1. The number of aromatic nitrogens is 1. The topological polar surface area (TPSA) is 64.9 Å². The summed E-state index contributed by atoms with van der Waals surface area (Å²) in [5, 5.41) is 0. The third-order valence-corrected chi connectivity index (χ3v) is 2.86. The van der Waals surface area contributed by atoms with E-state index in [-0.39, 0.29) is 16.9 Å². The standard InChI is InChI=1S/C13H11F4N3/c14-7-3-4-10(13(15,16)17)9(6-7)11(18)8-2-1-5-20-12(8)19/h1-6,11H,18H2,(H2,19,20). The monoisotopic (exact) mass is 285 g/mol. The quantitative estimate of drug-likeness (QED) is 0.834. The zero-order valence-electron chi connectivity index (χ0n) is 10.2. The van der Waals surface area contributed by atoms with Crippen LogP contribution in [-0.2, 0) is 6.18 Å². The molecule has 2 aromatic rings. The zero-order chi connectivity index (χ0) is 14.9. The molecule has 2 rings (SSSR count). The number of nitrogens with two attached hydrogens (primary N) is 2. The maximum Gasteiger partial charge on any atom is 0.416 e. The van der Waals surface area contributed by atoms with Gasteiger partial charge in [0.2, 0.25) is 0 Å². The number of halogens is 4. The third kappa shape index (κ3) is 2.72. The lowest BCUT2D eigenvalue weighted by Gasteiger charge is -2.19. The second-order valence-electron chi connectivity index (χ2n) is 4.18. The van der Waals surface area contributed by atoms with Crippen molar-refractivity contribution >= 4 is 5.82 Å². The average molecular weight is 285 g/mol. The van der Waals surface area contributed by atoms with Crippen molar-refractivity contribution in [2.75, 3.05) is 5.73 Å². The van der Waals surface area contributed by atoms with Crippen LogP contribution in [0.2, 0.25) is 0 Å². The second kappa shape index (κ2) is 5.09. The van der Waals surface area contributed by atoms with Gasteiger partial charge in [-0.25, -0.2) is 9.37 Å². The highest BCUT2D eigenvalue weighted by atomic mass is 19.4. The number of hydrogen-bond acceptors (Lipinski definition) is 3. The van der Waals surface area contributed by atoms with E-state index in [0.717, 1.165) is 12.1 Å². The van der Waals surface area contributed by atoms with Crippen molar-refractivity contribution in [2.24, 2.45) is 5.73 Å².